The predicted molar refractivity (Wildman–Crippen MR) is 69.4 cm³/mol. The zero-order valence-electron chi connectivity index (χ0n) is 11.3. The van der Waals surface area contributed by atoms with Crippen LogP contribution in [0.15, 0.2) is 12.7 Å². The highest BCUT2D eigenvalue weighted by Crippen LogP contribution is 2.16. The van der Waals surface area contributed by atoms with Crippen LogP contribution in [0, 0.1) is 5.92 Å². The van der Waals surface area contributed by atoms with Gasteiger partial charge in [0.15, 0.2) is 0 Å². The van der Waals surface area contributed by atoms with Crippen molar-refractivity contribution < 1.29 is 4.79 Å². The van der Waals surface area contributed by atoms with Gasteiger partial charge in [0.2, 0.25) is 5.91 Å². The monoisotopic (exact) mass is 226 g/mol. The molecule has 0 aliphatic heterocycles. The van der Waals surface area contributed by atoms with Gasteiger partial charge in [-0.2, -0.15) is 0 Å². The van der Waals surface area contributed by atoms with Gasteiger partial charge < -0.3 is 10.2 Å². The molecule has 0 saturated carbocycles. The van der Waals surface area contributed by atoms with Crippen molar-refractivity contribution in [1.29, 1.82) is 0 Å². The normalized spacial score (nSPS) is 13.3. The summed E-state index contributed by atoms with van der Waals surface area (Å²) in [4.78, 5) is 14.1. The van der Waals surface area contributed by atoms with E-state index in [2.05, 4.69) is 11.9 Å². The van der Waals surface area contributed by atoms with E-state index in [0.29, 0.717) is 6.54 Å². The Morgan fingerprint density at radius 2 is 2.06 bits per heavy atom. The Bertz CT molecular complexity index is 231. The van der Waals surface area contributed by atoms with Crippen molar-refractivity contribution in [2.75, 3.05) is 19.6 Å². The molecular formula is C13H26N2O. The maximum absolute atomic E-state index is 12.2. The van der Waals surface area contributed by atoms with Crippen LogP contribution < -0.4 is 5.32 Å². The minimum absolute atomic E-state index is 0.0131. The van der Waals surface area contributed by atoms with E-state index in [9.17, 15) is 4.79 Å². The molecule has 0 spiro atoms. The third-order valence-corrected chi connectivity index (χ3v) is 2.51. The molecule has 1 atom stereocenters. The first-order valence-corrected chi connectivity index (χ1v) is 5.97. The Labute approximate surface area is 99.9 Å². The molecule has 0 rings (SSSR count). The highest BCUT2D eigenvalue weighted by atomic mass is 16.2. The Hall–Kier alpha value is -0.830. The first kappa shape index (κ1) is 15.2. The topological polar surface area (TPSA) is 32.3 Å². The summed E-state index contributed by atoms with van der Waals surface area (Å²) in [6.07, 6.45) is 1.78. The van der Waals surface area contributed by atoms with Crippen LogP contribution in [-0.4, -0.2) is 36.0 Å². The van der Waals surface area contributed by atoms with Crippen LogP contribution in [0.5, 0.6) is 0 Å². The van der Waals surface area contributed by atoms with Crippen molar-refractivity contribution in [1.82, 2.24) is 10.2 Å². The summed E-state index contributed by atoms with van der Waals surface area (Å²) >= 11 is 0. The van der Waals surface area contributed by atoms with Gasteiger partial charge in [0.25, 0.3) is 0 Å². The predicted octanol–water partition coefficient (Wildman–Crippen LogP) is 2.05. The van der Waals surface area contributed by atoms with Crippen LogP contribution >= 0.6 is 0 Å². The summed E-state index contributed by atoms with van der Waals surface area (Å²) in [6.45, 7) is 16.1. The summed E-state index contributed by atoms with van der Waals surface area (Å²) in [5.74, 6) is 0.201. The number of rotatable bonds is 6. The molecule has 16 heavy (non-hydrogen) atoms. The molecule has 0 saturated heterocycles. The molecule has 0 aromatic heterocycles. The summed E-state index contributed by atoms with van der Waals surface area (Å²) in [5, 5.41) is 3.20. The van der Waals surface area contributed by atoms with Gasteiger partial charge in [0.1, 0.15) is 0 Å². The van der Waals surface area contributed by atoms with Crippen molar-refractivity contribution in [3.05, 3.63) is 12.7 Å². The number of nitrogens with one attached hydrogen (secondary N) is 1. The molecule has 0 radical (unpaired) electrons. The van der Waals surface area contributed by atoms with E-state index in [-0.39, 0.29) is 17.4 Å². The van der Waals surface area contributed by atoms with Crippen LogP contribution in [0.2, 0.25) is 0 Å². The quantitative estimate of drug-likeness (QED) is 0.703. The van der Waals surface area contributed by atoms with E-state index >= 15 is 0 Å². The Morgan fingerprint density at radius 3 is 2.44 bits per heavy atom. The number of nitrogens with zero attached hydrogens (tertiary/aromatic N) is 1. The molecule has 0 aliphatic carbocycles. The van der Waals surface area contributed by atoms with E-state index in [1.165, 1.54) is 0 Å². The van der Waals surface area contributed by atoms with Gasteiger partial charge in [0.05, 0.1) is 0 Å². The van der Waals surface area contributed by atoms with Crippen molar-refractivity contribution in [2.24, 2.45) is 5.92 Å². The van der Waals surface area contributed by atoms with E-state index in [1.807, 2.05) is 39.5 Å². The zero-order valence-corrected chi connectivity index (χ0v) is 11.3. The van der Waals surface area contributed by atoms with E-state index < -0.39 is 0 Å². The Morgan fingerprint density at radius 1 is 1.50 bits per heavy atom. The Balaban J connectivity index is 4.54. The standard InChI is InChI=1S/C13H26N2O/c1-7-9-15(13(4,5)6)12(16)11(3)10-14-8-2/h7,11,14H,1,8-10H2,2-6H3. The van der Waals surface area contributed by atoms with E-state index in [0.717, 1.165) is 13.1 Å². The van der Waals surface area contributed by atoms with Crippen molar-refractivity contribution in [3.8, 4) is 0 Å². The molecule has 3 heteroatoms. The average molecular weight is 226 g/mol. The molecule has 0 aromatic rings. The molecule has 0 heterocycles. The molecule has 0 aromatic carbocycles. The Kier molecular flexibility index (Phi) is 6.34. The summed E-state index contributed by atoms with van der Waals surface area (Å²) in [6, 6.07) is 0. The molecule has 1 N–H and O–H groups in total. The van der Waals surface area contributed by atoms with E-state index in [4.69, 9.17) is 0 Å². The number of amides is 1. The third kappa shape index (κ3) is 4.79. The summed E-state index contributed by atoms with van der Waals surface area (Å²) < 4.78 is 0. The molecule has 1 unspecified atom stereocenters. The van der Waals surface area contributed by atoms with E-state index in [1.54, 1.807) is 6.08 Å². The first-order chi connectivity index (χ1) is 7.34. The largest absolute Gasteiger partial charge is 0.334 e. The second kappa shape index (κ2) is 6.69. The number of carbonyl (C=O) groups excluding carboxylic acids is 1. The fourth-order valence-corrected chi connectivity index (χ4v) is 1.54. The fraction of sp³-hybridized carbons (Fsp3) is 0.769. The van der Waals surface area contributed by atoms with Crippen LogP contribution in [0.4, 0.5) is 0 Å². The summed E-state index contributed by atoms with van der Waals surface area (Å²) in [5.41, 5.74) is -0.147. The third-order valence-electron chi connectivity index (χ3n) is 2.51. The molecule has 1 amide bonds. The van der Waals surface area contributed by atoms with Gasteiger partial charge in [-0.1, -0.05) is 19.9 Å². The molecular weight excluding hydrogens is 200 g/mol. The number of hydrogen-bond donors (Lipinski definition) is 1. The minimum atomic E-state index is -0.147. The first-order valence-electron chi connectivity index (χ1n) is 5.97. The lowest BCUT2D eigenvalue weighted by molar-refractivity contribution is -0.138. The lowest BCUT2D eigenvalue weighted by Crippen LogP contribution is -2.49. The van der Waals surface area contributed by atoms with Gasteiger partial charge in [-0.15, -0.1) is 6.58 Å². The summed E-state index contributed by atoms with van der Waals surface area (Å²) in [7, 11) is 0. The van der Waals surface area contributed by atoms with Crippen LogP contribution in [0.25, 0.3) is 0 Å². The fourth-order valence-electron chi connectivity index (χ4n) is 1.54. The van der Waals surface area contributed by atoms with Gasteiger partial charge in [-0.25, -0.2) is 0 Å². The second-order valence-electron chi connectivity index (χ2n) is 5.12. The second-order valence-corrected chi connectivity index (χ2v) is 5.12. The molecule has 94 valence electrons. The van der Waals surface area contributed by atoms with Crippen LogP contribution in [0.1, 0.15) is 34.6 Å². The number of carbonyl (C=O) groups is 1. The van der Waals surface area contributed by atoms with Crippen molar-refractivity contribution in [3.63, 3.8) is 0 Å². The maximum atomic E-state index is 12.2. The highest BCUT2D eigenvalue weighted by molar-refractivity contribution is 5.79. The zero-order chi connectivity index (χ0) is 12.8. The molecule has 0 bridgehead atoms. The van der Waals surface area contributed by atoms with Crippen LogP contribution in [0.3, 0.4) is 0 Å². The van der Waals surface area contributed by atoms with Crippen molar-refractivity contribution in [2.45, 2.75) is 40.2 Å². The minimum Gasteiger partial charge on any atom is -0.334 e. The molecule has 0 aliphatic rings. The van der Waals surface area contributed by atoms with Crippen molar-refractivity contribution >= 4 is 5.91 Å². The average Bonchev–Trinajstić information content (AvgIpc) is 2.19. The van der Waals surface area contributed by atoms with Gasteiger partial charge in [0, 0.05) is 24.5 Å². The number of hydrogen-bond acceptors (Lipinski definition) is 2. The molecule has 0 fully saturated rings. The lowest BCUT2D eigenvalue weighted by atomic mass is 10.0. The lowest BCUT2D eigenvalue weighted by Gasteiger charge is -2.36. The highest BCUT2D eigenvalue weighted by Gasteiger charge is 2.28. The van der Waals surface area contributed by atoms with Gasteiger partial charge in [-0.05, 0) is 27.3 Å². The smallest absolute Gasteiger partial charge is 0.227 e. The maximum Gasteiger partial charge on any atom is 0.227 e. The van der Waals surface area contributed by atoms with Gasteiger partial charge >= 0.3 is 0 Å². The van der Waals surface area contributed by atoms with Gasteiger partial charge in [-0.3, -0.25) is 4.79 Å². The molecule has 3 nitrogen and oxygen atoms in total. The SMILES string of the molecule is C=CCN(C(=O)C(C)CNCC)C(C)(C)C. The van der Waals surface area contributed by atoms with Crippen LogP contribution in [-0.2, 0) is 4.79 Å².